The van der Waals surface area contributed by atoms with Crippen molar-refractivity contribution in [3.05, 3.63) is 11.3 Å². The van der Waals surface area contributed by atoms with Gasteiger partial charge in [0.2, 0.25) is 0 Å². The number of esters is 1. The Bertz CT molecular complexity index is 493. The van der Waals surface area contributed by atoms with E-state index in [1.54, 1.807) is 0 Å². The lowest BCUT2D eigenvalue weighted by Crippen LogP contribution is -2.59. The molecule has 0 N–H and O–H groups in total. The van der Waals surface area contributed by atoms with Crippen molar-refractivity contribution in [2.75, 3.05) is 24.6 Å². The molecule has 5 heteroatoms. The Hall–Kier alpha value is -0.130. The molecular weight excluding hydrogens is 326 g/mol. The topological polar surface area (TPSA) is 29.5 Å². The second-order valence-electron chi connectivity index (χ2n) is 7.12. The molecule has 0 aromatic heterocycles. The molecule has 0 unspecified atom stereocenters. The van der Waals surface area contributed by atoms with Crippen molar-refractivity contribution in [2.45, 2.75) is 67.9 Å². The molecule has 0 aromatic carbocycles. The molecule has 23 heavy (non-hydrogen) atoms. The van der Waals surface area contributed by atoms with Gasteiger partial charge in [0.25, 0.3) is 0 Å². The minimum atomic E-state index is -0.390. The number of rotatable bonds is 1. The highest BCUT2D eigenvalue weighted by atomic mass is 32.2. The number of ether oxygens (including phenoxy) is 1. The lowest BCUT2D eigenvalue weighted by molar-refractivity contribution is -0.143. The fourth-order valence-corrected chi connectivity index (χ4v) is 7.89. The molecule has 3 nitrogen and oxygen atoms in total. The van der Waals surface area contributed by atoms with Crippen molar-refractivity contribution < 1.29 is 9.53 Å². The summed E-state index contributed by atoms with van der Waals surface area (Å²) >= 11 is 3.74. The molecule has 0 bridgehead atoms. The number of hydrogen-bond donors (Lipinski definition) is 0. The summed E-state index contributed by atoms with van der Waals surface area (Å²) in [7, 11) is 0. The van der Waals surface area contributed by atoms with Crippen LogP contribution in [-0.2, 0) is 9.53 Å². The van der Waals surface area contributed by atoms with Crippen LogP contribution in [0.1, 0.15) is 57.8 Å². The van der Waals surface area contributed by atoms with E-state index in [0.29, 0.717) is 0 Å². The van der Waals surface area contributed by atoms with Crippen LogP contribution in [0.15, 0.2) is 11.3 Å². The Morgan fingerprint density at radius 3 is 2.39 bits per heavy atom. The largest absolute Gasteiger partial charge is 0.429 e. The third-order valence-corrected chi connectivity index (χ3v) is 8.91. The highest BCUT2D eigenvalue weighted by Crippen LogP contribution is 2.54. The SMILES string of the molecule is O=C1OC2=C(CCCCC2)[C@H](N2CCCCC2)C12SCCCS2. The molecule has 128 valence electrons. The maximum Gasteiger partial charge on any atom is 0.339 e. The van der Waals surface area contributed by atoms with Gasteiger partial charge in [0.15, 0.2) is 4.08 Å². The first-order valence-corrected chi connectivity index (χ1v) is 11.2. The second kappa shape index (κ2) is 7.01. The Kier molecular flexibility index (Phi) is 4.98. The van der Waals surface area contributed by atoms with Crippen molar-refractivity contribution in [1.29, 1.82) is 0 Å². The van der Waals surface area contributed by atoms with Crippen LogP contribution in [0.25, 0.3) is 0 Å². The number of carbonyl (C=O) groups is 1. The normalized spacial score (nSPS) is 32.3. The van der Waals surface area contributed by atoms with E-state index in [1.807, 2.05) is 23.5 Å². The molecule has 0 amide bonds. The quantitative estimate of drug-likeness (QED) is 0.660. The molecule has 1 spiro atoms. The van der Waals surface area contributed by atoms with Crippen LogP contribution in [0.4, 0.5) is 0 Å². The van der Waals surface area contributed by atoms with E-state index in [4.69, 9.17) is 4.74 Å². The molecule has 4 aliphatic rings. The molecule has 2 fully saturated rings. The second-order valence-corrected chi connectivity index (χ2v) is 10.1. The van der Waals surface area contributed by atoms with Crippen molar-refractivity contribution >= 4 is 29.5 Å². The summed E-state index contributed by atoms with van der Waals surface area (Å²) in [4.78, 5) is 15.7. The minimum Gasteiger partial charge on any atom is -0.429 e. The molecule has 1 aliphatic carbocycles. The Morgan fingerprint density at radius 2 is 1.61 bits per heavy atom. The van der Waals surface area contributed by atoms with Crippen LogP contribution >= 0.6 is 23.5 Å². The maximum absolute atomic E-state index is 13.1. The van der Waals surface area contributed by atoms with Crippen molar-refractivity contribution in [3.63, 3.8) is 0 Å². The average Bonchev–Trinajstić information content (AvgIpc) is 2.83. The van der Waals surface area contributed by atoms with Crippen LogP contribution in [0.5, 0.6) is 0 Å². The van der Waals surface area contributed by atoms with Gasteiger partial charge in [-0.2, -0.15) is 0 Å². The van der Waals surface area contributed by atoms with E-state index >= 15 is 0 Å². The minimum absolute atomic E-state index is 0.0448. The smallest absolute Gasteiger partial charge is 0.339 e. The fourth-order valence-electron chi connectivity index (χ4n) is 4.47. The lowest BCUT2D eigenvalue weighted by Gasteiger charge is -2.49. The van der Waals surface area contributed by atoms with Gasteiger partial charge in [-0.05, 0) is 68.7 Å². The highest BCUT2D eigenvalue weighted by Gasteiger charge is 2.56. The summed E-state index contributed by atoms with van der Waals surface area (Å²) in [5.41, 5.74) is 1.48. The number of allylic oxidation sites excluding steroid dienone is 1. The van der Waals surface area contributed by atoms with Gasteiger partial charge >= 0.3 is 5.97 Å². The van der Waals surface area contributed by atoms with E-state index in [-0.39, 0.29) is 12.0 Å². The van der Waals surface area contributed by atoms with Gasteiger partial charge in [0.05, 0.1) is 6.04 Å². The standard InChI is InChI=1S/C18H27NO2S2/c20-17-18(22-12-7-13-23-18)16(19-10-5-2-6-11-19)14-8-3-1-4-9-15(14)21-17/h16H,1-13H2/t16-/m0/s1. The van der Waals surface area contributed by atoms with Crippen LogP contribution in [0.2, 0.25) is 0 Å². The van der Waals surface area contributed by atoms with Crippen molar-refractivity contribution in [1.82, 2.24) is 4.90 Å². The Balaban J connectivity index is 1.75. The molecule has 0 saturated carbocycles. The lowest BCUT2D eigenvalue weighted by atomic mass is 9.92. The van der Waals surface area contributed by atoms with E-state index < -0.39 is 4.08 Å². The molecule has 4 rings (SSSR count). The number of likely N-dealkylation sites (tertiary alicyclic amines) is 1. The van der Waals surface area contributed by atoms with E-state index in [0.717, 1.165) is 43.2 Å². The monoisotopic (exact) mass is 353 g/mol. The van der Waals surface area contributed by atoms with Gasteiger partial charge < -0.3 is 4.74 Å². The molecule has 0 aromatic rings. The van der Waals surface area contributed by atoms with Gasteiger partial charge in [0, 0.05) is 6.42 Å². The summed E-state index contributed by atoms with van der Waals surface area (Å²) in [6, 6.07) is 0.285. The number of piperidine rings is 1. The van der Waals surface area contributed by atoms with Crippen molar-refractivity contribution in [3.8, 4) is 0 Å². The molecule has 3 aliphatic heterocycles. The van der Waals surface area contributed by atoms with Gasteiger partial charge in [0.1, 0.15) is 5.76 Å². The summed E-state index contributed by atoms with van der Waals surface area (Å²) in [6.07, 6.45) is 10.9. The zero-order valence-corrected chi connectivity index (χ0v) is 15.5. The predicted octanol–water partition coefficient (Wildman–Crippen LogP) is 4.18. The molecular formula is C18H27NO2S2. The number of hydrogen-bond acceptors (Lipinski definition) is 5. The van der Waals surface area contributed by atoms with Gasteiger partial charge in [-0.1, -0.05) is 12.8 Å². The first-order valence-electron chi connectivity index (χ1n) is 9.27. The average molecular weight is 354 g/mol. The zero-order chi connectivity index (χ0) is 15.7. The van der Waals surface area contributed by atoms with E-state index in [1.165, 1.54) is 50.5 Å². The highest BCUT2D eigenvalue weighted by molar-refractivity contribution is 8.20. The number of carbonyl (C=O) groups excluding carboxylic acids is 1. The summed E-state index contributed by atoms with van der Waals surface area (Å²) in [5.74, 6) is 3.27. The third kappa shape index (κ3) is 2.98. The maximum atomic E-state index is 13.1. The molecule has 2 saturated heterocycles. The molecule has 0 radical (unpaired) electrons. The zero-order valence-electron chi connectivity index (χ0n) is 13.8. The number of thioether (sulfide) groups is 2. The van der Waals surface area contributed by atoms with E-state index in [9.17, 15) is 4.79 Å². The predicted molar refractivity (Wildman–Crippen MR) is 97.7 cm³/mol. The summed E-state index contributed by atoms with van der Waals surface area (Å²) in [6.45, 7) is 2.30. The van der Waals surface area contributed by atoms with Gasteiger partial charge in [-0.15, -0.1) is 23.5 Å². The van der Waals surface area contributed by atoms with Gasteiger partial charge in [-0.25, -0.2) is 4.79 Å². The van der Waals surface area contributed by atoms with Gasteiger partial charge in [-0.3, -0.25) is 4.90 Å². The van der Waals surface area contributed by atoms with E-state index in [2.05, 4.69) is 4.90 Å². The fraction of sp³-hybridized carbons (Fsp3) is 0.833. The number of nitrogens with zero attached hydrogens (tertiary/aromatic N) is 1. The van der Waals surface area contributed by atoms with Crippen molar-refractivity contribution in [2.24, 2.45) is 0 Å². The van der Waals surface area contributed by atoms with Crippen LogP contribution in [0.3, 0.4) is 0 Å². The first-order chi connectivity index (χ1) is 11.3. The Morgan fingerprint density at radius 1 is 0.913 bits per heavy atom. The molecule has 1 atom stereocenters. The Labute approximate surface area is 148 Å². The van der Waals surface area contributed by atoms with Crippen LogP contribution in [0, 0.1) is 0 Å². The van der Waals surface area contributed by atoms with Crippen LogP contribution < -0.4 is 0 Å². The van der Waals surface area contributed by atoms with Crippen LogP contribution in [-0.4, -0.2) is 45.6 Å². The first kappa shape index (κ1) is 16.3. The summed E-state index contributed by atoms with van der Waals surface area (Å²) in [5, 5.41) is 0. The molecule has 3 heterocycles. The summed E-state index contributed by atoms with van der Waals surface area (Å²) < 4.78 is 5.57. The third-order valence-electron chi connectivity index (χ3n) is 5.58.